The van der Waals surface area contributed by atoms with Crippen LogP contribution in [0.1, 0.15) is 104 Å². The summed E-state index contributed by atoms with van der Waals surface area (Å²) in [6.07, 6.45) is 11.5. The average Bonchev–Trinajstić information content (AvgIpc) is 2.10. The lowest BCUT2D eigenvalue weighted by Gasteiger charge is -2.25. The van der Waals surface area contributed by atoms with Crippen molar-refractivity contribution in [2.24, 2.45) is 0 Å². The zero-order valence-corrected chi connectivity index (χ0v) is 52.5. The quantitative estimate of drug-likeness (QED) is 0.0463. The third-order valence-corrected chi connectivity index (χ3v) is 14.9. The second-order valence-corrected chi connectivity index (χ2v) is 22.0. The van der Waals surface area contributed by atoms with Crippen LogP contribution in [0.5, 0.6) is 69.0 Å². The molecule has 2 aliphatic rings. The van der Waals surface area contributed by atoms with Crippen LogP contribution >= 0.6 is 0 Å². The van der Waals surface area contributed by atoms with Crippen molar-refractivity contribution in [3.63, 3.8) is 0 Å². The molecule has 2 atom stereocenters. The fourth-order valence-corrected chi connectivity index (χ4v) is 10.1. The van der Waals surface area contributed by atoms with Crippen LogP contribution in [0.2, 0.25) is 0 Å². The van der Waals surface area contributed by atoms with Crippen LogP contribution < -0.4 is 67.5 Å². The van der Waals surface area contributed by atoms with Crippen LogP contribution in [0.25, 0.3) is 0 Å². The van der Waals surface area contributed by atoms with E-state index in [4.69, 9.17) is 66.3 Å². The summed E-state index contributed by atoms with van der Waals surface area (Å²) in [6.45, 7) is 7.59. The Balaban J connectivity index is 0.938. The van der Waals surface area contributed by atoms with E-state index < -0.39 is 24.3 Å². The Kier molecular flexibility index (Phi) is 29.9. The zero-order valence-electron chi connectivity index (χ0n) is 52.5. The van der Waals surface area contributed by atoms with Crippen LogP contribution in [0.15, 0.2) is 146 Å². The molecule has 0 saturated carbocycles. The number of fused-ring (bicyclic) bond motifs is 4. The molecule has 0 bridgehead atoms. The molecular formula is C72H92N2O16. The number of amides is 2. The van der Waals surface area contributed by atoms with E-state index in [2.05, 4.69) is 24.5 Å². The number of rotatable bonds is 27. The van der Waals surface area contributed by atoms with Gasteiger partial charge in [0.1, 0.15) is 66.1 Å². The Morgan fingerprint density at radius 3 is 0.933 bits per heavy atom. The minimum Gasteiger partial charge on any atom is -0.487 e. The van der Waals surface area contributed by atoms with E-state index in [1.54, 1.807) is 12.1 Å². The minimum atomic E-state index is -0.887. The van der Waals surface area contributed by atoms with Crippen LogP contribution in [-0.2, 0) is 19.1 Å². The van der Waals surface area contributed by atoms with Crippen LogP contribution in [-0.4, -0.2) is 129 Å². The average molecular weight is 1240 g/mol. The second-order valence-electron chi connectivity index (χ2n) is 22.0. The number of ether oxygens (including phenoxy) is 14. The first-order chi connectivity index (χ1) is 44.4. The van der Waals surface area contributed by atoms with Gasteiger partial charge in [-0.3, -0.25) is 9.59 Å². The van der Waals surface area contributed by atoms with Crippen molar-refractivity contribution >= 4 is 11.8 Å². The molecule has 0 aliphatic carbocycles. The number of nitrogens with one attached hydrogen (secondary N) is 2. The van der Waals surface area contributed by atoms with E-state index in [1.165, 1.54) is 0 Å². The summed E-state index contributed by atoms with van der Waals surface area (Å²) < 4.78 is 87.3. The Labute approximate surface area is 531 Å². The maximum Gasteiger partial charge on any atom is 0.261 e. The molecule has 2 aliphatic heterocycles. The molecule has 0 fully saturated rings. The van der Waals surface area contributed by atoms with Gasteiger partial charge in [0, 0.05) is 0 Å². The number of benzene rings is 6. The first-order valence-corrected chi connectivity index (χ1v) is 32.4. The van der Waals surface area contributed by atoms with E-state index in [0.717, 1.165) is 77.0 Å². The van der Waals surface area contributed by atoms with Crippen molar-refractivity contribution in [2.45, 2.75) is 128 Å². The predicted molar refractivity (Wildman–Crippen MR) is 344 cm³/mol. The lowest BCUT2D eigenvalue weighted by molar-refractivity contribution is -0.130. The molecule has 6 aromatic rings. The van der Waals surface area contributed by atoms with Crippen molar-refractivity contribution < 1.29 is 75.9 Å². The molecule has 0 radical (unpaired) electrons. The number of unbranched alkanes of at least 4 members (excludes halogenated alkanes) is 10. The Morgan fingerprint density at radius 1 is 0.356 bits per heavy atom. The topological polar surface area (TPSA) is 187 Å². The number of para-hydroxylation sites is 12. The maximum absolute atomic E-state index is 14.7. The summed E-state index contributed by atoms with van der Waals surface area (Å²) in [5.74, 6) is 5.38. The summed E-state index contributed by atoms with van der Waals surface area (Å²) in [5.41, 5.74) is 0. The number of carbonyl (C=O) groups is 2. The zero-order chi connectivity index (χ0) is 62.5. The highest BCUT2D eigenvalue weighted by atomic mass is 16.6. The third-order valence-electron chi connectivity index (χ3n) is 14.9. The van der Waals surface area contributed by atoms with Gasteiger partial charge < -0.3 is 76.9 Å². The summed E-state index contributed by atoms with van der Waals surface area (Å²) in [6, 6.07) is 43.1. The Bertz CT molecular complexity index is 2690. The Morgan fingerprint density at radius 2 is 0.622 bits per heavy atom. The normalized spacial score (nSPS) is 15.3. The van der Waals surface area contributed by atoms with Crippen molar-refractivity contribution in [3.05, 3.63) is 146 Å². The van der Waals surface area contributed by atoms with Crippen molar-refractivity contribution in [1.29, 1.82) is 0 Å². The van der Waals surface area contributed by atoms with E-state index in [0.29, 0.717) is 135 Å². The van der Waals surface area contributed by atoms with Gasteiger partial charge in [-0.05, 0) is 98.5 Å². The van der Waals surface area contributed by atoms with Crippen molar-refractivity contribution in [1.82, 2.24) is 10.6 Å². The van der Waals surface area contributed by atoms with Gasteiger partial charge in [-0.2, -0.15) is 0 Å². The van der Waals surface area contributed by atoms with Crippen LogP contribution in [0.4, 0.5) is 0 Å². The summed E-state index contributed by atoms with van der Waals surface area (Å²) in [7, 11) is 0. The highest BCUT2D eigenvalue weighted by Gasteiger charge is 2.28. The summed E-state index contributed by atoms with van der Waals surface area (Å²) in [4.78, 5) is 29.4. The van der Waals surface area contributed by atoms with Gasteiger partial charge in [-0.15, -0.1) is 0 Å². The molecule has 2 amide bonds. The molecule has 90 heavy (non-hydrogen) atoms. The first-order valence-electron chi connectivity index (χ1n) is 32.4. The number of carbonyl (C=O) groups excluding carboxylic acids is 2. The van der Waals surface area contributed by atoms with Crippen LogP contribution in [0, 0.1) is 0 Å². The molecule has 2 heterocycles. The molecule has 8 rings (SSSR count). The van der Waals surface area contributed by atoms with Gasteiger partial charge in [0.25, 0.3) is 11.8 Å². The van der Waals surface area contributed by atoms with E-state index >= 15 is 0 Å². The van der Waals surface area contributed by atoms with Gasteiger partial charge in [0.15, 0.2) is 81.2 Å². The summed E-state index contributed by atoms with van der Waals surface area (Å²) in [5, 5.41) is 6.42. The number of hydrogen-bond donors (Lipinski definition) is 2. The van der Waals surface area contributed by atoms with Crippen LogP contribution in [0.3, 0.4) is 0 Å². The van der Waals surface area contributed by atoms with Gasteiger partial charge in [0.2, 0.25) is 0 Å². The van der Waals surface area contributed by atoms with E-state index in [1.807, 2.05) is 133 Å². The van der Waals surface area contributed by atoms with E-state index in [9.17, 15) is 9.59 Å². The lowest BCUT2D eigenvalue weighted by Crippen LogP contribution is -2.48. The maximum atomic E-state index is 14.7. The molecule has 2 unspecified atom stereocenters. The molecule has 2 N–H and O–H groups in total. The molecule has 18 heteroatoms. The summed E-state index contributed by atoms with van der Waals surface area (Å²) >= 11 is 0. The smallest absolute Gasteiger partial charge is 0.261 e. The van der Waals surface area contributed by atoms with Crippen molar-refractivity contribution in [2.75, 3.05) is 92.5 Å². The minimum absolute atomic E-state index is 0.0669. The lowest BCUT2D eigenvalue weighted by atomic mass is 10.1. The standard InChI is InChI=1S/C72H92N2O16/c1-3-5-7-9-11-13-39-69(71(75)73-55-51-85-61-31-19-15-27-57(61)79-45-41-77-42-46-80-58-28-16-20-32-62(58)86-52-55)89-67-37-25-23-35-65(67)83-49-50-84-66-36-24-26-38-68(66)90-70(40-14-12-10-8-6-4-2)72(76)74-56-53-87-63-33-21-17-29-59(63)81-47-43-78-44-48-82-60-30-18-22-34-64(60)88-54-56/h15-38,55-56,69-70H,3-14,39-54H2,1-2H3,(H,73,75)(H,74,76). The first kappa shape index (κ1) is 67.7. The van der Waals surface area contributed by atoms with E-state index in [-0.39, 0.29) is 51.5 Å². The highest BCUT2D eigenvalue weighted by molar-refractivity contribution is 5.82. The monoisotopic (exact) mass is 1240 g/mol. The molecule has 0 spiro atoms. The van der Waals surface area contributed by atoms with Gasteiger partial charge in [-0.25, -0.2) is 0 Å². The highest BCUT2D eigenvalue weighted by Crippen LogP contribution is 2.34. The SMILES string of the molecule is CCCCCCCCC(Oc1ccccc1OCCOc1ccccc1OC(CCCCCCCC)C(=O)NC1COc2ccccc2OCCOCCOc2ccccc2OC1)C(=O)NC1COc2ccccc2OCCOCCOc2ccccc2OC1. The molecule has 18 nitrogen and oxygen atoms in total. The molecular weight excluding hydrogens is 1150 g/mol. The Hall–Kier alpha value is -8.22. The predicted octanol–water partition coefficient (Wildman–Crippen LogP) is 13.0. The molecule has 6 aromatic carbocycles. The fourth-order valence-electron chi connectivity index (χ4n) is 10.1. The number of hydrogen-bond acceptors (Lipinski definition) is 16. The molecule has 486 valence electrons. The molecule has 0 aromatic heterocycles. The largest absolute Gasteiger partial charge is 0.487 e. The van der Waals surface area contributed by atoms with Gasteiger partial charge in [-0.1, -0.05) is 151 Å². The van der Waals surface area contributed by atoms with Gasteiger partial charge >= 0.3 is 0 Å². The molecule has 0 saturated heterocycles. The fraction of sp³-hybridized carbons (Fsp3) is 0.472. The van der Waals surface area contributed by atoms with Crippen molar-refractivity contribution in [3.8, 4) is 69.0 Å². The third kappa shape index (κ3) is 23.6. The second kappa shape index (κ2) is 39.7. The van der Waals surface area contributed by atoms with Gasteiger partial charge in [0.05, 0.1) is 38.5 Å².